The summed E-state index contributed by atoms with van der Waals surface area (Å²) in [6, 6.07) is 1.55. The molecule has 2 aromatic heterocycles. The van der Waals surface area contributed by atoms with Crippen molar-refractivity contribution >= 4 is 15.9 Å². The van der Waals surface area contributed by atoms with Gasteiger partial charge in [-0.2, -0.15) is 10.1 Å². The molecule has 146 valence electrons. The van der Waals surface area contributed by atoms with Crippen molar-refractivity contribution in [3.8, 4) is 0 Å². The SMILES string of the molecule is Cc1noc([C@]23C[C@H](NC(=O)c4ccn(C)n4)CC2CN(S(C)(=O)=O)C3)n1. The highest BCUT2D eigenvalue weighted by Crippen LogP contribution is 2.50. The molecule has 3 heterocycles. The Bertz CT molecular complexity index is 983. The van der Waals surface area contributed by atoms with E-state index < -0.39 is 15.4 Å². The van der Waals surface area contributed by atoms with E-state index in [1.807, 2.05) is 0 Å². The van der Waals surface area contributed by atoms with E-state index in [-0.39, 0.29) is 24.4 Å². The highest BCUT2D eigenvalue weighted by Gasteiger charge is 2.59. The van der Waals surface area contributed by atoms with Gasteiger partial charge in [0.25, 0.3) is 5.91 Å². The lowest BCUT2D eigenvalue weighted by atomic mass is 9.80. The second-order valence-electron chi connectivity index (χ2n) is 7.54. The van der Waals surface area contributed by atoms with Gasteiger partial charge in [0.05, 0.1) is 11.7 Å². The Morgan fingerprint density at radius 3 is 2.81 bits per heavy atom. The van der Waals surface area contributed by atoms with E-state index in [0.717, 1.165) is 0 Å². The third-order valence-corrected chi connectivity index (χ3v) is 6.76. The minimum absolute atomic E-state index is 0.00103. The van der Waals surface area contributed by atoms with Crippen LogP contribution < -0.4 is 5.32 Å². The first-order chi connectivity index (χ1) is 12.7. The summed E-state index contributed by atoms with van der Waals surface area (Å²) < 4.78 is 32.6. The Morgan fingerprint density at radius 2 is 2.22 bits per heavy atom. The molecular weight excluding hydrogens is 372 g/mol. The van der Waals surface area contributed by atoms with Crippen LogP contribution in [0, 0.1) is 12.8 Å². The molecule has 1 amide bonds. The van der Waals surface area contributed by atoms with Crippen molar-refractivity contribution in [3.05, 3.63) is 29.7 Å². The quantitative estimate of drug-likeness (QED) is 0.764. The van der Waals surface area contributed by atoms with Gasteiger partial charge in [-0.05, 0) is 31.7 Å². The van der Waals surface area contributed by atoms with Crippen molar-refractivity contribution in [2.24, 2.45) is 13.0 Å². The third kappa shape index (κ3) is 3.14. The van der Waals surface area contributed by atoms with Gasteiger partial charge in [-0.25, -0.2) is 12.7 Å². The van der Waals surface area contributed by atoms with E-state index in [0.29, 0.717) is 36.8 Å². The maximum atomic E-state index is 12.5. The molecule has 0 radical (unpaired) electrons. The molecule has 2 aliphatic rings. The molecular formula is C16H22N6O4S. The van der Waals surface area contributed by atoms with Crippen LogP contribution in [-0.4, -0.2) is 63.9 Å². The number of hydrogen-bond donors (Lipinski definition) is 1. The predicted molar refractivity (Wildman–Crippen MR) is 94.3 cm³/mol. The van der Waals surface area contributed by atoms with E-state index >= 15 is 0 Å². The summed E-state index contributed by atoms with van der Waals surface area (Å²) in [4.78, 5) is 16.8. The lowest BCUT2D eigenvalue weighted by Crippen LogP contribution is -2.39. The summed E-state index contributed by atoms with van der Waals surface area (Å²) in [5.74, 6) is 0.723. The highest BCUT2D eigenvalue weighted by molar-refractivity contribution is 7.88. The Balaban J connectivity index is 1.58. The summed E-state index contributed by atoms with van der Waals surface area (Å²) in [6.45, 7) is 2.40. The lowest BCUT2D eigenvalue weighted by Gasteiger charge is -2.24. The zero-order chi connectivity index (χ0) is 19.4. The summed E-state index contributed by atoms with van der Waals surface area (Å²) in [5, 5.41) is 11.0. The van der Waals surface area contributed by atoms with Gasteiger partial charge in [0.15, 0.2) is 5.82 Å². The maximum absolute atomic E-state index is 12.5. The zero-order valence-corrected chi connectivity index (χ0v) is 16.2. The number of aryl methyl sites for hydroxylation is 2. The van der Waals surface area contributed by atoms with E-state index in [1.54, 1.807) is 30.9 Å². The smallest absolute Gasteiger partial charge is 0.271 e. The summed E-state index contributed by atoms with van der Waals surface area (Å²) in [6.07, 6.45) is 4.11. The first-order valence-corrected chi connectivity index (χ1v) is 10.6. The molecule has 0 bridgehead atoms. The number of fused-ring (bicyclic) bond motifs is 1. The van der Waals surface area contributed by atoms with Gasteiger partial charge in [0, 0.05) is 32.4 Å². The Labute approximate surface area is 157 Å². The summed E-state index contributed by atoms with van der Waals surface area (Å²) >= 11 is 0. The second kappa shape index (κ2) is 6.13. The van der Waals surface area contributed by atoms with Crippen LogP contribution >= 0.6 is 0 Å². The fourth-order valence-corrected chi connectivity index (χ4v) is 5.23. The van der Waals surface area contributed by atoms with Crippen LogP contribution in [0.5, 0.6) is 0 Å². The van der Waals surface area contributed by atoms with Crippen LogP contribution in [0.15, 0.2) is 16.8 Å². The predicted octanol–water partition coefficient (Wildman–Crippen LogP) is -0.167. The fraction of sp³-hybridized carbons (Fsp3) is 0.625. The van der Waals surface area contributed by atoms with Crippen molar-refractivity contribution in [1.29, 1.82) is 0 Å². The van der Waals surface area contributed by atoms with E-state index in [2.05, 4.69) is 20.6 Å². The average Bonchev–Trinajstić information content (AvgIpc) is 3.29. The molecule has 27 heavy (non-hydrogen) atoms. The van der Waals surface area contributed by atoms with Crippen molar-refractivity contribution in [3.63, 3.8) is 0 Å². The number of carbonyl (C=O) groups excluding carboxylic acids is 1. The number of sulfonamides is 1. The standard InChI is InChI=1S/C16H22N6O4S/c1-10-17-15(26-20-10)16-7-12(18-14(23)13-4-5-21(2)19-13)6-11(16)8-22(9-16)27(3,24)25/h4-5,11-12H,6-9H2,1-3H3,(H,18,23)/t11?,12-,16+/m1/s1. The van der Waals surface area contributed by atoms with Gasteiger partial charge in [-0.15, -0.1) is 0 Å². The second-order valence-corrected chi connectivity index (χ2v) is 9.52. The van der Waals surface area contributed by atoms with Crippen LogP contribution in [0.1, 0.15) is 35.0 Å². The van der Waals surface area contributed by atoms with E-state index in [9.17, 15) is 13.2 Å². The summed E-state index contributed by atoms with van der Waals surface area (Å²) in [5.41, 5.74) is -0.220. The fourth-order valence-electron chi connectivity index (χ4n) is 4.31. The van der Waals surface area contributed by atoms with Crippen molar-refractivity contribution in [1.82, 2.24) is 29.5 Å². The minimum atomic E-state index is -3.32. The number of nitrogens with one attached hydrogen (secondary N) is 1. The molecule has 0 aromatic carbocycles. The highest BCUT2D eigenvalue weighted by atomic mass is 32.2. The molecule has 1 N–H and O–H groups in total. The van der Waals surface area contributed by atoms with Crippen molar-refractivity contribution in [2.45, 2.75) is 31.2 Å². The Kier molecular flexibility index (Phi) is 4.11. The maximum Gasteiger partial charge on any atom is 0.271 e. The van der Waals surface area contributed by atoms with Gasteiger partial charge in [-0.3, -0.25) is 9.48 Å². The van der Waals surface area contributed by atoms with E-state index in [4.69, 9.17) is 4.52 Å². The van der Waals surface area contributed by atoms with Crippen molar-refractivity contribution in [2.75, 3.05) is 19.3 Å². The molecule has 0 spiro atoms. The molecule has 4 rings (SSSR count). The van der Waals surface area contributed by atoms with Crippen molar-refractivity contribution < 1.29 is 17.7 Å². The molecule has 2 fully saturated rings. The molecule has 1 unspecified atom stereocenters. The van der Waals surface area contributed by atoms with Crippen LogP contribution in [0.3, 0.4) is 0 Å². The van der Waals surface area contributed by atoms with Crippen LogP contribution in [0.25, 0.3) is 0 Å². The van der Waals surface area contributed by atoms with Gasteiger partial charge < -0.3 is 9.84 Å². The number of amides is 1. The minimum Gasteiger partial charge on any atom is -0.348 e. The largest absolute Gasteiger partial charge is 0.348 e. The van der Waals surface area contributed by atoms with Gasteiger partial charge >= 0.3 is 0 Å². The number of aromatic nitrogens is 4. The van der Waals surface area contributed by atoms with Gasteiger partial charge in [0.1, 0.15) is 5.69 Å². The molecule has 1 saturated heterocycles. The zero-order valence-electron chi connectivity index (χ0n) is 15.4. The molecule has 2 aromatic rings. The third-order valence-electron chi connectivity index (χ3n) is 5.55. The first kappa shape index (κ1) is 18.1. The topological polar surface area (TPSA) is 123 Å². The molecule has 1 saturated carbocycles. The van der Waals surface area contributed by atoms with Gasteiger partial charge in [0.2, 0.25) is 15.9 Å². The first-order valence-electron chi connectivity index (χ1n) is 8.74. The Morgan fingerprint density at radius 1 is 1.44 bits per heavy atom. The molecule has 1 aliphatic carbocycles. The van der Waals surface area contributed by atoms with E-state index in [1.165, 1.54) is 10.6 Å². The molecule has 3 atom stereocenters. The Hall–Kier alpha value is -2.27. The monoisotopic (exact) mass is 394 g/mol. The van der Waals surface area contributed by atoms with Crippen LogP contribution in [0.4, 0.5) is 0 Å². The normalized spacial score (nSPS) is 28.4. The molecule has 10 nitrogen and oxygen atoms in total. The van der Waals surface area contributed by atoms with Crippen LogP contribution in [-0.2, 0) is 22.5 Å². The summed E-state index contributed by atoms with van der Waals surface area (Å²) in [7, 11) is -1.57. The molecule has 11 heteroatoms. The number of hydrogen-bond acceptors (Lipinski definition) is 7. The average molecular weight is 394 g/mol. The lowest BCUT2D eigenvalue weighted by molar-refractivity contribution is 0.0929. The molecule has 1 aliphatic heterocycles. The van der Waals surface area contributed by atoms with Gasteiger partial charge in [-0.1, -0.05) is 5.16 Å². The van der Waals surface area contributed by atoms with Crippen LogP contribution in [0.2, 0.25) is 0 Å². The number of rotatable bonds is 4. The number of nitrogens with zero attached hydrogens (tertiary/aromatic N) is 5. The number of carbonyl (C=O) groups is 1.